The van der Waals surface area contributed by atoms with Gasteiger partial charge in [0, 0.05) is 22.7 Å². The first-order valence-corrected chi connectivity index (χ1v) is 8.43. The van der Waals surface area contributed by atoms with Gasteiger partial charge in [-0.15, -0.1) is 0 Å². The Labute approximate surface area is 153 Å². The number of fused-ring (bicyclic) bond motifs is 2. The number of hydrogen-bond donors (Lipinski definition) is 1. The fourth-order valence-electron chi connectivity index (χ4n) is 3.08. The van der Waals surface area contributed by atoms with Crippen LogP contribution in [-0.4, -0.2) is 27.4 Å². The molecule has 0 bridgehead atoms. The minimum atomic E-state index is -0.981. The number of para-hydroxylation sites is 3. The van der Waals surface area contributed by atoms with E-state index >= 15 is 0 Å². The van der Waals surface area contributed by atoms with Gasteiger partial charge in [-0.25, -0.2) is 4.79 Å². The van der Waals surface area contributed by atoms with Gasteiger partial charge in [0.2, 0.25) is 5.78 Å². The van der Waals surface area contributed by atoms with E-state index in [-0.39, 0.29) is 12.3 Å². The van der Waals surface area contributed by atoms with Crippen molar-refractivity contribution in [3.8, 4) is 0 Å². The number of nitrogens with zero attached hydrogens (tertiary/aromatic N) is 1. The molecule has 27 heavy (non-hydrogen) atoms. The van der Waals surface area contributed by atoms with Crippen LogP contribution in [0.3, 0.4) is 0 Å². The van der Waals surface area contributed by atoms with Crippen LogP contribution in [-0.2, 0) is 16.1 Å². The Balaban J connectivity index is 1.51. The molecule has 0 aliphatic carbocycles. The number of rotatable bonds is 5. The van der Waals surface area contributed by atoms with Gasteiger partial charge < -0.3 is 14.1 Å². The first-order valence-electron chi connectivity index (χ1n) is 8.43. The molecular weight excluding hydrogens is 348 g/mol. The number of benzene rings is 2. The number of aromatic amines is 1. The largest absolute Gasteiger partial charge is 0.453 e. The molecule has 0 fully saturated rings. The monoisotopic (exact) mass is 364 g/mol. The van der Waals surface area contributed by atoms with Gasteiger partial charge in [-0.2, -0.15) is 0 Å². The summed E-state index contributed by atoms with van der Waals surface area (Å²) in [7, 11) is 0. The van der Waals surface area contributed by atoms with Gasteiger partial charge >= 0.3 is 11.7 Å². The van der Waals surface area contributed by atoms with Gasteiger partial charge in [0.05, 0.1) is 5.52 Å². The molecule has 4 aromatic rings. The van der Waals surface area contributed by atoms with Gasteiger partial charge in [-0.3, -0.25) is 14.2 Å². The van der Waals surface area contributed by atoms with Crippen LogP contribution in [0.2, 0.25) is 0 Å². The molecule has 7 heteroatoms. The Morgan fingerprint density at radius 1 is 1.15 bits per heavy atom. The third-order valence-corrected chi connectivity index (χ3v) is 4.39. The number of H-pyrrole nitrogens is 1. The zero-order valence-electron chi connectivity index (χ0n) is 14.5. The molecule has 2 aromatic heterocycles. The molecule has 0 saturated carbocycles. The maximum Gasteiger partial charge on any atom is 0.420 e. The van der Waals surface area contributed by atoms with Gasteiger partial charge in [0.1, 0.15) is 6.54 Å². The summed E-state index contributed by atoms with van der Waals surface area (Å²) in [5, 5.41) is 0.766. The summed E-state index contributed by atoms with van der Waals surface area (Å²) in [6, 6.07) is 14.2. The van der Waals surface area contributed by atoms with Crippen LogP contribution < -0.4 is 5.76 Å². The van der Waals surface area contributed by atoms with Crippen LogP contribution in [0, 0.1) is 0 Å². The Hall–Kier alpha value is -3.61. The number of ether oxygens (including phenoxy) is 1. The van der Waals surface area contributed by atoms with Crippen molar-refractivity contribution in [2.24, 2.45) is 0 Å². The average Bonchev–Trinajstić information content (AvgIpc) is 3.22. The van der Waals surface area contributed by atoms with E-state index in [0.717, 1.165) is 10.9 Å². The van der Waals surface area contributed by atoms with Crippen molar-refractivity contribution in [1.29, 1.82) is 0 Å². The maximum absolute atomic E-state index is 12.7. The number of carbonyl (C=O) groups is 2. The van der Waals surface area contributed by atoms with Gasteiger partial charge in [-0.1, -0.05) is 30.3 Å². The topological polar surface area (TPSA) is 94.3 Å². The Bertz CT molecular complexity index is 1210. The van der Waals surface area contributed by atoms with E-state index in [0.29, 0.717) is 16.7 Å². The number of oxazole rings is 1. The number of hydrogen-bond acceptors (Lipinski definition) is 5. The fourth-order valence-corrected chi connectivity index (χ4v) is 3.08. The summed E-state index contributed by atoms with van der Waals surface area (Å²) in [5.74, 6) is -1.65. The Kier molecular flexibility index (Phi) is 4.12. The van der Waals surface area contributed by atoms with Crippen LogP contribution >= 0.6 is 0 Å². The lowest BCUT2D eigenvalue weighted by atomic mass is 10.1. The van der Waals surface area contributed by atoms with Crippen molar-refractivity contribution in [1.82, 2.24) is 9.55 Å². The second kappa shape index (κ2) is 6.60. The number of nitrogens with one attached hydrogen (secondary N) is 1. The highest BCUT2D eigenvalue weighted by molar-refractivity contribution is 6.10. The lowest BCUT2D eigenvalue weighted by Crippen LogP contribution is -2.28. The Morgan fingerprint density at radius 2 is 1.89 bits per heavy atom. The molecule has 0 unspecified atom stereocenters. The predicted molar refractivity (Wildman–Crippen MR) is 98.7 cm³/mol. The van der Waals surface area contributed by atoms with E-state index in [1.807, 2.05) is 24.3 Å². The minimum absolute atomic E-state index is 0.315. The highest BCUT2D eigenvalue weighted by atomic mass is 16.5. The summed E-state index contributed by atoms with van der Waals surface area (Å²) < 4.78 is 11.5. The van der Waals surface area contributed by atoms with Crippen LogP contribution in [0.15, 0.2) is 63.9 Å². The number of carbonyl (C=O) groups excluding carboxylic acids is 2. The fraction of sp³-hybridized carbons (Fsp3) is 0.150. The quantitative estimate of drug-likeness (QED) is 0.434. The number of esters is 1. The molecule has 0 amide bonds. The molecule has 0 radical (unpaired) electrons. The van der Waals surface area contributed by atoms with Crippen LogP contribution in [0.25, 0.3) is 22.0 Å². The zero-order chi connectivity index (χ0) is 19.0. The van der Waals surface area contributed by atoms with E-state index in [2.05, 4.69) is 4.98 Å². The van der Waals surface area contributed by atoms with Crippen molar-refractivity contribution in [2.45, 2.75) is 19.6 Å². The first-order chi connectivity index (χ1) is 13.0. The predicted octanol–water partition coefficient (Wildman–Crippen LogP) is 2.89. The van der Waals surface area contributed by atoms with Crippen LogP contribution in [0.5, 0.6) is 0 Å². The normalized spacial score (nSPS) is 12.3. The van der Waals surface area contributed by atoms with Gasteiger partial charge in [0.25, 0.3) is 0 Å². The van der Waals surface area contributed by atoms with E-state index in [1.54, 1.807) is 30.5 Å². The third kappa shape index (κ3) is 3.03. The molecule has 1 N–H and O–H groups in total. The number of aromatic nitrogens is 2. The molecule has 0 aliphatic rings. The summed E-state index contributed by atoms with van der Waals surface area (Å²) in [6.45, 7) is 1.18. The van der Waals surface area contributed by atoms with Crippen molar-refractivity contribution in [3.63, 3.8) is 0 Å². The van der Waals surface area contributed by atoms with E-state index < -0.39 is 17.8 Å². The second-order valence-corrected chi connectivity index (χ2v) is 6.17. The molecule has 7 nitrogen and oxygen atoms in total. The number of ketones is 1. The van der Waals surface area contributed by atoms with Crippen molar-refractivity contribution >= 4 is 33.8 Å². The maximum atomic E-state index is 12.7. The highest BCUT2D eigenvalue weighted by Gasteiger charge is 2.23. The van der Waals surface area contributed by atoms with Crippen molar-refractivity contribution in [3.05, 3.63) is 70.8 Å². The molecule has 2 heterocycles. The standard InChI is InChI=1S/C20H16N2O5/c1-12(19(24)14-10-21-15-7-3-2-6-13(14)15)26-18(23)11-22-16-8-4-5-9-17(16)27-20(22)25/h2-10,12,21H,11H2,1H3/t12-/m1/s1. The molecular formula is C20H16N2O5. The van der Waals surface area contributed by atoms with E-state index in [4.69, 9.17) is 9.15 Å². The first kappa shape index (κ1) is 16.8. The number of Topliss-reactive ketones (excluding diaryl/α,β-unsaturated/α-hetero) is 1. The van der Waals surface area contributed by atoms with Crippen LogP contribution in [0.1, 0.15) is 17.3 Å². The smallest absolute Gasteiger partial charge is 0.420 e. The lowest BCUT2D eigenvalue weighted by molar-refractivity contribution is -0.147. The van der Waals surface area contributed by atoms with Gasteiger partial charge in [-0.05, 0) is 25.1 Å². The SMILES string of the molecule is C[C@@H](OC(=O)Cn1c(=O)oc2ccccc21)C(=O)c1c[nH]c2ccccc12. The van der Waals surface area contributed by atoms with Crippen LogP contribution in [0.4, 0.5) is 0 Å². The molecule has 0 saturated heterocycles. The summed E-state index contributed by atoms with van der Waals surface area (Å²) in [6.07, 6.45) is 0.622. The molecule has 4 rings (SSSR count). The van der Waals surface area contributed by atoms with Crippen molar-refractivity contribution in [2.75, 3.05) is 0 Å². The lowest BCUT2D eigenvalue weighted by Gasteiger charge is -2.12. The Morgan fingerprint density at radius 3 is 2.74 bits per heavy atom. The molecule has 0 aliphatic heterocycles. The average molecular weight is 364 g/mol. The third-order valence-electron chi connectivity index (χ3n) is 4.39. The summed E-state index contributed by atoms with van der Waals surface area (Å²) >= 11 is 0. The summed E-state index contributed by atoms with van der Waals surface area (Å²) in [4.78, 5) is 39.9. The van der Waals surface area contributed by atoms with Gasteiger partial charge in [0.15, 0.2) is 11.7 Å². The molecule has 2 aromatic carbocycles. The minimum Gasteiger partial charge on any atom is -0.453 e. The van der Waals surface area contributed by atoms with E-state index in [1.165, 1.54) is 11.5 Å². The molecule has 136 valence electrons. The zero-order valence-corrected chi connectivity index (χ0v) is 14.5. The second-order valence-electron chi connectivity index (χ2n) is 6.17. The van der Waals surface area contributed by atoms with E-state index in [9.17, 15) is 14.4 Å². The van der Waals surface area contributed by atoms with Crippen molar-refractivity contribution < 1.29 is 18.7 Å². The summed E-state index contributed by atoms with van der Waals surface area (Å²) in [5.41, 5.74) is 2.17. The molecule has 0 spiro atoms. The highest BCUT2D eigenvalue weighted by Crippen LogP contribution is 2.20. The molecule has 1 atom stereocenters.